The zero-order chi connectivity index (χ0) is 7.78. The monoisotopic (exact) mass is 159 g/mol. The normalized spacial score (nSPS) is 12.0. The number of nitrogens with zero attached hydrogens (tertiary/aromatic N) is 1. The molecule has 0 saturated carbocycles. The van der Waals surface area contributed by atoms with Crippen molar-refractivity contribution in [2.75, 3.05) is 0 Å². The maximum absolute atomic E-state index is 5.76. The third-order valence-electron chi connectivity index (χ3n) is 1.29. The van der Waals surface area contributed by atoms with E-state index in [1.807, 2.05) is 13.8 Å². The highest BCUT2D eigenvalue weighted by Gasteiger charge is 2.18. The molecular formula is C6H10ClN3. The zero-order valence-corrected chi connectivity index (χ0v) is 6.74. The molecule has 0 saturated heterocycles. The van der Waals surface area contributed by atoms with E-state index in [4.69, 9.17) is 17.3 Å². The van der Waals surface area contributed by atoms with Crippen molar-refractivity contribution in [2.24, 2.45) is 5.73 Å². The minimum atomic E-state index is -0.413. The average Bonchev–Trinajstić information content (AvgIpc) is 2.11. The molecule has 10 heavy (non-hydrogen) atoms. The molecule has 3 nitrogen and oxygen atoms in total. The Kier molecular flexibility index (Phi) is 1.70. The Bertz CT molecular complexity index is 223. The molecule has 0 aliphatic rings. The van der Waals surface area contributed by atoms with Crippen LogP contribution < -0.4 is 5.73 Å². The first-order chi connectivity index (χ1) is 4.52. The van der Waals surface area contributed by atoms with Crippen molar-refractivity contribution in [2.45, 2.75) is 19.4 Å². The fourth-order valence-corrected chi connectivity index (χ4v) is 1.06. The molecule has 0 aliphatic heterocycles. The standard InChI is InChI=1S/C6H10ClN3/c1-6(2,8)4-3-9-10-5(4)7/h3H,8H2,1-2H3,(H,9,10). The van der Waals surface area contributed by atoms with Gasteiger partial charge in [-0.3, -0.25) is 5.10 Å². The van der Waals surface area contributed by atoms with Gasteiger partial charge in [-0.25, -0.2) is 0 Å². The van der Waals surface area contributed by atoms with Crippen molar-refractivity contribution >= 4 is 11.6 Å². The van der Waals surface area contributed by atoms with Gasteiger partial charge in [-0.05, 0) is 13.8 Å². The van der Waals surface area contributed by atoms with Crippen LogP contribution in [0.2, 0.25) is 5.15 Å². The van der Waals surface area contributed by atoms with Gasteiger partial charge in [0.05, 0.1) is 6.20 Å². The highest BCUT2D eigenvalue weighted by Crippen LogP contribution is 2.22. The number of hydrogen-bond acceptors (Lipinski definition) is 2. The zero-order valence-electron chi connectivity index (χ0n) is 5.98. The molecule has 1 aromatic rings. The minimum absolute atomic E-state index is 0.413. The minimum Gasteiger partial charge on any atom is -0.322 e. The molecule has 0 bridgehead atoms. The van der Waals surface area contributed by atoms with E-state index in [9.17, 15) is 0 Å². The lowest BCUT2D eigenvalue weighted by molar-refractivity contribution is 0.555. The first-order valence-corrected chi connectivity index (χ1v) is 3.38. The predicted octanol–water partition coefficient (Wildman–Crippen LogP) is 1.26. The van der Waals surface area contributed by atoms with Crippen LogP contribution in [0.15, 0.2) is 6.20 Å². The summed E-state index contributed by atoms with van der Waals surface area (Å²) in [6.45, 7) is 3.76. The summed E-state index contributed by atoms with van der Waals surface area (Å²) in [4.78, 5) is 0. The van der Waals surface area contributed by atoms with Crippen molar-refractivity contribution in [1.82, 2.24) is 10.2 Å². The van der Waals surface area contributed by atoms with Crippen molar-refractivity contribution in [3.63, 3.8) is 0 Å². The summed E-state index contributed by atoms with van der Waals surface area (Å²) in [6, 6.07) is 0. The molecule has 0 aliphatic carbocycles. The Morgan fingerprint density at radius 1 is 1.70 bits per heavy atom. The molecule has 0 spiro atoms. The smallest absolute Gasteiger partial charge is 0.129 e. The molecule has 0 atom stereocenters. The summed E-state index contributed by atoms with van der Waals surface area (Å²) in [6.07, 6.45) is 1.64. The predicted molar refractivity (Wildman–Crippen MR) is 40.8 cm³/mol. The van der Waals surface area contributed by atoms with Crippen LogP contribution in [-0.4, -0.2) is 10.2 Å². The van der Waals surface area contributed by atoms with E-state index in [1.165, 1.54) is 0 Å². The molecule has 4 heteroatoms. The maximum atomic E-state index is 5.76. The summed E-state index contributed by atoms with van der Waals surface area (Å²) in [5.41, 5.74) is 6.19. The summed E-state index contributed by atoms with van der Waals surface area (Å²) in [5.74, 6) is 0. The first-order valence-electron chi connectivity index (χ1n) is 3.00. The van der Waals surface area contributed by atoms with E-state index < -0.39 is 5.54 Å². The van der Waals surface area contributed by atoms with Gasteiger partial charge in [0.1, 0.15) is 5.15 Å². The molecule has 56 valence electrons. The third-order valence-corrected chi connectivity index (χ3v) is 1.58. The van der Waals surface area contributed by atoms with Gasteiger partial charge in [0, 0.05) is 11.1 Å². The second-order valence-electron chi connectivity index (χ2n) is 2.82. The van der Waals surface area contributed by atoms with Crippen LogP contribution in [0.25, 0.3) is 0 Å². The molecule has 1 heterocycles. The van der Waals surface area contributed by atoms with E-state index in [1.54, 1.807) is 6.20 Å². The molecular weight excluding hydrogens is 150 g/mol. The van der Waals surface area contributed by atoms with Gasteiger partial charge in [0.2, 0.25) is 0 Å². The average molecular weight is 160 g/mol. The second-order valence-corrected chi connectivity index (χ2v) is 3.20. The fraction of sp³-hybridized carbons (Fsp3) is 0.500. The number of halogens is 1. The molecule has 0 fully saturated rings. The largest absolute Gasteiger partial charge is 0.322 e. The van der Waals surface area contributed by atoms with Crippen molar-refractivity contribution in [3.8, 4) is 0 Å². The highest BCUT2D eigenvalue weighted by atomic mass is 35.5. The number of rotatable bonds is 1. The Morgan fingerprint density at radius 2 is 2.30 bits per heavy atom. The van der Waals surface area contributed by atoms with Crippen LogP contribution in [0.1, 0.15) is 19.4 Å². The van der Waals surface area contributed by atoms with Crippen molar-refractivity contribution in [3.05, 3.63) is 16.9 Å². The topological polar surface area (TPSA) is 54.7 Å². The van der Waals surface area contributed by atoms with Crippen LogP contribution in [0.5, 0.6) is 0 Å². The van der Waals surface area contributed by atoms with E-state index in [2.05, 4.69) is 10.2 Å². The molecule has 0 unspecified atom stereocenters. The fourth-order valence-electron chi connectivity index (χ4n) is 0.720. The summed E-state index contributed by atoms with van der Waals surface area (Å²) < 4.78 is 0. The summed E-state index contributed by atoms with van der Waals surface area (Å²) >= 11 is 5.73. The SMILES string of the molecule is CC(C)(N)c1cn[nH]c1Cl. The van der Waals surface area contributed by atoms with Crippen molar-refractivity contribution in [1.29, 1.82) is 0 Å². The number of nitrogens with one attached hydrogen (secondary N) is 1. The van der Waals surface area contributed by atoms with Gasteiger partial charge in [0.25, 0.3) is 0 Å². The van der Waals surface area contributed by atoms with Crippen LogP contribution in [0.3, 0.4) is 0 Å². The first kappa shape index (κ1) is 7.57. The van der Waals surface area contributed by atoms with Gasteiger partial charge in [-0.1, -0.05) is 11.6 Å². The lowest BCUT2D eigenvalue weighted by Crippen LogP contribution is -2.28. The van der Waals surface area contributed by atoms with Crippen LogP contribution >= 0.6 is 11.6 Å². The number of nitrogens with two attached hydrogens (primary N) is 1. The third kappa shape index (κ3) is 1.30. The Hall–Kier alpha value is -0.540. The van der Waals surface area contributed by atoms with E-state index in [0.717, 1.165) is 5.56 Å². The summed E-state index contributed by atoms with van der Waals surface area (Å²) in [7, 11) is 0. The number of hydrogen-bond donors (Lipinski definition) is 2. The van der Waals surface area contributed by atoms with E-state index >= 15 is 0 Å². The molecule has 1 rings (SSSR count). The lowest BCUT2D eigenvalue weighted by Gasteiger charge is -2.16. The number of aromatic amines is 1. The van der Waals surface area contributed by atoms with Crippen LogP contribution in [0, 0.1) is 0 Å². The lowest BCUT2D eigenvalue weighted by atomic mass is 10.00. The van der Waals surface area contributed by atoms with Gasteiger partial charge in [-0.15, -0.1) is 0 Å². The summed E-state index contributed by atoms with van der Waals surface area (Å²) in [5, 5.41) is 6.88. The van der Waals surface area contributed by atoms with Gasteiger partial charge in [0.15, 0.2) is 0 Å². The van der Waals surface area contributed by atoms with Gasteiger partial charge in [-0.2, -0.15) is 5.10 Å². The number of aromatic nitrogens is 2. The maximum Gasteiger partial charge on any atom is 0.129 e. The van der Waals surface area contributed by atoms with Crippen molar-refractivity contribution < 1.29 is 0 Å². The van der Waals surface area contributed by atoms with Gasteiger partial charge >= 0.3 is 0 Å². The van der Waals surface area contributed by atoms with Crippen LogP contribution in [-0.2, 0) is 5.54 Å². The molecule has 0 radical (unpaired) electrons. The molecule has 0 aromatic carbocycles. The molecule has 3 N–H and O–H groups in total. The molecule has 0 amide bonds. The Balaban J connectivity index is 3.05. The second kappa shape index (κ2) is 2.25. The van der Waals surface area contributed by atoms with E-state index in [0.29, 0.717) is 5.15 Å². The van der Waals surface area contributed by atoms with E-state index in [-0.39, 0.29) is 0 Å². The highest BCUT2D eigenvalue weighted by molar-refractivity contribution is 6.30. The number of H-pyrrole nitrogens is 1. The molecule has 1 aromatic heterocycles. The van der Waals surface area contributed by atoms with Crippen LogP contribution in [0.4, 0.5) is 0 Å². The Labute approximate surface area is 64.6 Å². The quantitative estimate of drug-likeness (QED) is 0.648. The Morgan fingerprint density at radius 3 is 2.50 bits per heavy atom. The van der Waals surface area contributed by atoms with Gasteiger partial charge < -0.3 is 5.73 Å².